The van der Waals surface area contributed by atoms with E-state index in [4.69, 9.17) is 38.5 Å². The SMILES string of the molecule is COc1ccccc1CC1(N)C=C(C2CC(Cl)=NO2)NC(C(=O)O)=C1Cl. The number of aliphatic carboxylic acids is 1. The summed E-state index contributed by atoms with van der Waals surface area (Å²) in [4.78, 5) is 16.9. The predicted octanol–water partition coefficient (Wildman–Crippen LogP) is 2.30. The molecule has 7 nitrogen and oxygen atoms in total. The molecule has 0 aliphatic carbocycles. The number of rotatable bonds is 5. The number of nitrogens with two attached hydrogens (primary N) is 1. The molecule has 2 atom stereocenters. The van der Waals surface area contributed by atoms with Crippen LogP contribution < -0.4 is 15.8 Å². The maximum absolute atomic E-state index is 11.6. The molecule has 9 heteroatoms. The van der Waals surface area contributed by atoms with Gasteiger partial charge in [-0.05, 0) is 17.7 Å². The third-order valence-corrected chi connectivity index (χ3v) is 4.94. The molecule has 2 heterocycles. The number of ether oxygens (including phenoxy) is 1. The van der Waals surface area contributed by atoms with Crippen LogP contribution in [-0.4, -0.2) is 35.0 Å². The quantitative estimate of drug-likeness (QED) is 0.703. The highest BCUT2D eigenvalue weighted by Crippen LogP contribution is 2.35. The Labute approximate surface area is 160 Å². The molecule has 0 bridgehead atoms. The molecular formula is C17H17Cl2N3O4. The van der Waals surface area contributed by atoms with Crippen LogP contribution in [-0.2, 0) is 16.1 Å². The Bertz CT molecular complexity index is 837. The lowest BCUT2D eigenvalue weighted by atomic mass is 9.86. The highest BCUT2D eigenvalue weighted by atomic mass is 35.5. The minimum absolute atomic E-state index is 0.00957. The molecule has 4 N–H and O–H groups in total. The summed E-state index contributed by atoms with van der Waals surface area (Å²) in [6.45, 7) is 0. The molecule has 0 fully saturated rings. The van der Waals surface area contributed by atoms with Gasteiger partial charge in [0, 0.05) is 12.8 Å². The first kappa shape index (κ1) is 18.6. The maximum Gasteiger partial charge on any atom is 0.353 e. The van der Waals surface area contributed by atoms with Crippen molar-refractivity contribution in [2.75, 3.05) is 7.11 Å². The third kappa shape index (κ3) is 3.51. The van der Waals surface area contributed by atoms with Crippen molar-refractivity contribution in [3.05, 3.63) is 52.3 Å². The summed E-state index contributed by atoms with van der Waals surface area (Å²) in [6.07, 6.45) is 1.65. The van der Waals surface area contributed by atoms with E-state index in [0.29, 0.717) is 23.0 Å². The number of carbonyl (C=O) groups is 1. The van der Waals surface area contributed by atoms with Crippen LogP contribution in [0.3, 0.4) is 0 Å². The second-order valence-corrected chi connectivity index (χ2v) is 6.83. The average molecular weight is 398 g/mol. The van der Waals surface area contributed by atoms with Crippen LogP contribution in [0.15, 0.2) is 51.9 Å². The van der Waals surface area contributed by atoms with Crippen molar-refractivity contribution in [1.29, 1.82) is 0 Å². The second kappa shape index (κ2) is 7.19. The van der Waals surface area contributed by atoms with Crippen molar-refractivity contribution in [2.45, 2.75) is 24.5 Å². The lowest BCUT2D eigenvalue weighted by Gasteiger charge is -2.34. The second-order valence-electron chi connectivity index (χ2n) is 6.01. The van der Waals surface area contributed by atoms with Crippen LogP contribution in [0, 0.1) is 0 Å². The van der Waals surface area contributed by atoms with Gasteiger partial charge >= 0.3 is 5.97 Å². The van der Waals surface area contributed by atoms with Crippen LogP contribution in [0.25, 0.3) is 0 Å². The number of oxime groups is 1. The zero-order chi connectivity index (χ0) is 18.9. The predicted molar refractivity (Wildman–Crippen MR) is 98.1 cm³/mol. The number of hydrogen-bond acceptors (Lipinski definition) is 6. The first-order valence-corrected chi connectivity index (χ1v) is 8.52. The summed E-state index contributed by atoms with van der Waals surface area (Å²) in [5, 5.41) is 16.3. The number of nitrogens with zero attached hydrogens (tertiary/aromatic N) is 1. The Balaban J connectivity index is 2.00. The molecule has 3 rings (SSSR count). The van der Waals surface area contributed by atoms with E-state index in [1.165, 1.54) is 0 Å². The summed E-state index contributed by atoms with van der Waals surface area (Å²) in [7, 11) is 1.55. The van der Waals surface area contributed by atoms with Crippen molar-refractivity contribution in [3.63, 3.8) is 0 Å². The highest BCUT2D eigenvalue weighted by molar-refractivity contribution is 6.65. The first-order chi connectivity index (χ1) is 12.3. The summed E-state index contributed by atoms with van der Waals surface area (Å²) in [6, 6.07) is 7.32. The fourth-order valence-electron chi connectivity index (χ4n) is 2.94. The van der Waals surface area contributed by atoms with Crippen LogP contribution in [0.1, 0.15) is 12.0 Å². The van der Waals surface area contributed by atoms with Crippen molar-refractivity contribution in [2.24, 2.45) is 10.9 Å². The number of carboxylic acid groups (broad SMARTS) is 1. The van der Waals surface area contributed by atoms with E-state index in [1.54, 1.807) is 19.3 Å². The van der Waals surface area contributed by atoms with Crippen molar-refractivity contribution >= 4 is 34.3 Å². The van der Waals surface area contributed by atoms with Gasteiger partial charge in [-0.3, -0.25) is 0 Å². The van der Waals surface area contributed by atoms with E-state index >= 15 is 0 Å². The van der Waals surface area contributed by atoms with Crippen LogP contribution in [0.4, 0.5) is 0 Å². The van der Waals surface area contributed by atoms with Gasteiger partial charge in [-0.25, -0.2) is 4.79 Å². The zero-order valence-corrected chi connectivity index (χ0v) is 15.3. The Morgan fingerprint density at radius 2 is 2.23 bits per heavy atom. The number of benzene rings is 1. The van der Waals surface area contributed by atoms with E-state index in [2.05, 4.69) is 10.5 Å². The minimum atomic E-state index is -1.26. The molecule has 2 aliphatic rings. The lowest BCUT2D eigenvalue weighted by Crippen LogP contribution is -2.48. The van der Waals surface area contributed by atoms with Gasteiger partial charge in [0.15, 0.2) is 6.10 Å². The van der Waals surface area contributed by atoms with Crippen molar-refractivity contribution in [3.8, 4) is 5.75 Å². The third-order valence-electron chi connectivity index (χ3n) is 4.18. The number of halogens is 2. The Kier molecular flexibility index (Phi) is 5.13. The van der Waals surface area contributed by atoms with Gasteiger partial charge in [-0.1, -0.05) is 46.6 Å². The molecule has 0 amide bonds. The van der Waals surface area contributed by atoms with E-state index in [0.717, 1.165) is 5.56 Å². The van der Waals surface area contributed by atoms with Crippen LogP contribution >= 0.6 is 23.2 Å². The first-order valence-electron chi connectivity index (χ1n) is 7.76. The normalized spacial score (nSPS) is 25.2. The van der Waals surface area contributed by atoms with Gasteiger partial charge in [0.25, 0.3) is 0 Å². The summed E-state index contributed by atoms with van der Waals surface area (Å²) in [5.74, 6) is -0.587. The molecule has 2 aliphatic heterocycles. The van der Waals surface area contributed by atoms with Gasteiger partial charge < -0.3 is 25.7 Å². The number of hydrogen-bond donors (Lipinski definition) is 3. The molecule has 0 saturated heterocycles. The van der Waals surface area contributed by atoms with Crippen molar-refractivity contribution in [1.82, 2.24) is 5.32 Å². The smallest absolute Gasteiger partial charge is 0.353 e. The molecule has 0 aromatic heterocycles. The largest absolute Gasteiger partial charge is 0.496 e. The highest BCUT2D eigenvalue weighted by Gasteiger charge is 2.39. The monoisotopic (exact) mass is 397 g/mol. The molecule has 138 valence electrons. The molecule has 26 heavy (non-hydrogen) atoms. The van der Waals surface area contributed by atoms with Crippen LogP contribution in [0.2, 0.25) is 0 Å². The molecule has 1 aromatic rings. The maximum atomic E-state index is 11.6. The summed E-state index contributed by atoms with van der Waals surface area (Å²) in [5.41, 5.74) is 6.31. The van der Waals surface area contributed by atoms with Crippen LogP contribution in [0.5, 0.6) is 5.75 Å². The molecule has 0 saturated carbocycles. The zero-order valence-electron chi connectivity index (χ0n) is 13.8. The molecular weight excluding hydrogens is 381 g/mol. The van der Waals surface area contributed by atoms with Gasteiger partial charge in [-0.2, -0.15) is 0 Å². The average Bonchev–Trinajstić information content (AvgIpc) is 3.04. The molecule has 2 unspecified atom stereocenters. The van der Waals surface area contributed by atoms with Gasteiger partial charge in [0.1, 0.15) is 16.6 Å². The van der Waals surface area contributed by atoms with Gasteiger partial charge in [0.05, 0.1) is 23.4 Å². The van der Waals surface area contributed by atoms with Gasteiger partial charge in [0.2, 0.25) is 0 Å². The summed E-state index contributed by atoms with van der Waals surface area (Å²) >= 11 is 12.2. The van der Waals surface area contributed by atoms with E-state index < -0.39 is 17.6 Å². The van der Waals surface area contributed by atoms with E-state index in [1.807, 2.05) is 18.2 Å². The number of para-hydroxylation sites is 1. The standard InChI is InChI=1S/C17H17Cl2N3O4/c1-25-11-5-3-2-4-9(11)7-17(20)8-10(12-6-13(18)22-26-12)21-14(15(17)19)16(23)24/h2-5,8,12,21H,6-7,20H2,1H3,(H,23,24). The fourth-order valence-corrected chi connectivity index (χ4v) is 3.37. The molecule has 1 aromatic carbocycles. The molecule has 0 spiro atoms. The van der Waals surface area contributed by atoms with Crippen molar-refractivity contribution < 1.29 is 19.5 Å². The minimum Gasteiger partial charge on any atom is -0.496 e. The fraction of sp³-hybridized carbons (Fsp3) is 0.294. The van der Waals surface area contributed by atoms with Gasteiger partial charge in [-0.15, -0.1) is 0 Å². The topological polar surface area (TPSA) is 106 Å². The van der Waals surface area contributed by atoms with E-state index in [9.17, 15) is 9.90 Å². The number of carboxylic acids is 1. The number of dihydropyridines is 1. The molecule has 0 radical (unpaired) electrons. The lowest BCUT2D eigenvalue weighted by molar-refractivity contribution is -0.133. The summed E-state index contributed by atoms with van der Waals surface area (Å²) < 4.78 is 5.35. The van der Waals surface area contributed by atoms with E-state index in [-0.39, 0.29) is 17.2 Å². The number of nitrogens with one attached hydrogen (secondary N) is 1. The Hall–Kier alpha value is -2.22. The Morgan fingerprint density at radius 3 is 2.85 bits per heavy atom. The Morgan fingerprint density at radius 1 is 1.50 bits per heavy atom. The number of methoxy groups -OCH3 is 1.